The number of carbonyl (C=O) groups is 2. The van der Waals surface area contributed by atoms with E-state index in [0.29, 0.717) is 19.6 Å². The van der Waals surface area contributed by atoms with E-state index in [2.05, 4.69) is 47.8 Å². The number of nitrogens with two attached hydrogens (primary N) is 2. The number of nitrogens with zero attached hydrogens (tertiary/aromatic N) is 1. The van der Waals surface area contributed by atoms with Crippen LogP contribution in [0.3, 0.4) is 0 Å². The molecule has 86 valence electrons. The predicted molar refractivity (Wildman–Crippen MR) is 70.4 cm³/mol. The van der Waals surface area contributed by atoms with Crippen LogP contribution in [0.1, 0.15) is 0 Å². The number of hydrogen-bond acceptors (Lipinski definition) is 3. The molecule has 0 saturated carbocycles. The number of amides is 2. The van der Waals surface area contributed by atoms with Crippen LogP contribution in [0.4, 0.5) is 5.69 Å². The Hall–Kier alpha value is -0.440. The Labute approximate surface area is 116 Å². The minimum Gasteiger partial charge on any atom is -0.361 e. The van der Waals surface area contributed by atoms with Gasteiger partial charge in [-0.25, -0.2) is 10.9 Å². The summed E-state index contributed by atoms with van der Waals surface area (Å²) in [5, 5.41) is 0.683. The van der Waals surface area contributed by atoms with Gasteiger partial charge in [-0.1, -0.05) is 15.9 Å². The van der Waals surface area contributed by atoms with Gasteiger partial charge < -0.3 is 5.73 Å². The zero-order chi connectivity index (χ0) is 12.5. The molecule has 0 fully saturated rings. The molecule has 16 heavy (non-hydrogen) atoms. The van der Waals surface area contributed by atoms with Gasteiger partial charge >= 0.3 is 11.8 Å². The molecule has 0 bridgehead atoms. The van der Waals surface area contributed by atoms with Crippen molar-refractivity contribution in [2.75, 3.05) is 5.01 Å². The smallest absolute Gasteiger partial charge is 0.330 e. The summed E-state index contributed by atoms with van der Waals surface area (Å²) < 4.78 is 1.88. The summed E-state index contributed by atoms with van der Waals surface area (Å²) in [6.45, 7) is 0. The number of hydrogen-bond donors (Lipinski definition) is 2. The molecule has 0 unspecified atom stereocenters. The standard InChI is InChI=1S/C8H6Br3N3O2/c9-3-1-4(10)6(5(11)2-3)14(13)8(16)7(12)15/h1-2H,13H2,(H2,12,15). The first-order valence-electron chi connectivity index (χ1n) is 3.87. The molecule has 0 radical (unpaired) electrons. The van der Waals surface area contributed by atoms with Crippen LogP contribution in [0.5, 0.6) is 0 Å². The van der Waals surface area contributed by atoms with Crippen LogP contribution in [-0.4, -0.2) is 11.8 Å². The monoisotopic (exact) mass is 413 g/mol. The summed E-state index contributed by atoms with van der Waals surface area (Å²) >= 11 is 9.73. The van der Waals surface area contributed by atoms with Gasteiger partial charge in [0, 0.05) is 13.4 Å². The lowest BCUT2D eigenvalue weighted by atomic mass is 10.3. The van der Waals surface area contributed by atoms with Crippen molar-refractivity contribution >= 4 is 65.3 Å². The molecule has 1 aromatic rings. The highest BCUT2D eigenvalue weighted by Crippen LogP contribution is 2.35. The van der Waals surface area contributed by atoms with E-state index >= 15 is 0 Å². The number of primary amides is 1. The molecular weight excluding hydrogens is 410 g/mol. The minimum atomic E-state index is -1.12. The molecule has 0 spiro atoms. The van der Waals surface area contributed by atoms with Gasteiger partial charge in [-0.15, -0.1) is 0 Å². The van der Waals surface area contributed by atoms with Crippen LogP contribution >= 0.6 is 47.8 Å². The van der Waals surface area contributed by atoms with Crippen LogP contribution in [-0.2, 0) is 9.59 Å². The van der Waals surface area contributed by atoms with Gasteiger partial charge in [0.25, 0.3) is 0 Å². The summed E-state index contributed by atoms with van der Waals surface area (Å²) in [5.41, 5.74) is 5.18. The van der Waals surface area contributed by atoms with Crippen molar-refractivity contribution in [1.29, 1.82) is 0 Å². The third-order valence-electron chi connectivity index (χ3n) is 1.65. The average Bonchev–Trinajstić information content (AvgIpc) is 2.14. The van der Waals surface area contributed by atoms with Gasteiger partial charge in [0.15, 0.2) is 0 Å². The van der Waals surface area contributed by atoms with Gasteiger partial charge in [-0.2, -0.15) is 0 Å². The SMILES string of the molecule is NC(=O)C(=O)N(N)c1c(Br)cc(Br)cc1Br. The second kappa shape index (κ2) is 5.26. The lowest BCUT2D eigenvalue weighted by Crippen LogP contribution is -2.45. The Morgan fingerprint density at radius 3 is 1.94 bits per heavy atom. The fraction of sp³-hybridized carbons (Fsp3) is 0. The van der Waals surface area contributed by atoms with Gasteiger partial charge in [0.05, 0.1) is 5.69 Å². The maximum Gasteiger partial charge on any atom is 0.330 e. The zero-order valence-corrected chi connectivity index (χ0v) is 12.5. The van der Waals surface area contributed by atoms with Crippen molar-refractivity contribution in [2.45, 2.75) is 0 Å². The molecule has 4 N–H and O–H groups in total. The maximum absolute atomic E-state index is 11.3. The van der Waals surface area contributed by atoms with E-state index in [-0.39, 0.29) is 0 Å². The van der Waals surface area contributed by atoms with Crippen molar-refractivity contribution < 1.29 is 9.59 Å². The first-order chi connectivity index (χ1) is 7.34. The van der Waals surface area contributed by atoms with Crippen molar-refractivity contribution in [1.82, 2.24) is 0 Å². The zero-order valence-electron chi connectivity index (χ0n) is 7.71. The van der Waals surface area contributed by atoms with Crippen molar-refractivity contribution in [3.05, 3.63) is 25.6 Å². The molecule has 0 saturated heterocycles. The normalized spacial score (nSPS) is 10.0. The second-order valence-corrected chi connectivity index (χ2v) is 5.38. The van der Waals surface area contributed by atoms with Gasteiger partial charge in [0.2, 0.25) is 0 Å². The molecule has 8 heteroatoms. The molecule has 0 heterocycles. The fourth-order valence-corrected chi connectivity index (χ4v) is 3.63. The summed E-state index contributed by atoms with van der Waals surface area (Å²) in [6, 6.07) is 3.38. The average molecular weight is 416 g/mol. The third-order valence-corrected chi connectivity index (χ3v) is 3.32. The number of rotatable bonds is 1. The second-order valence-electron chi connectivity index (χ2n) is 2.76. The minimum absolute atomic E-state index is 0.326. The molecule has 0 aromatic heterocycles. The molecule has 1 rings (SSSR count). The summed E-state index contributed by atoms with van der Waals surface area (Å²) in [4.78, 5) is 22.0. The molecule has 5 nitrogen and oxygen atoms in total. The summed E-state index contributed by atoms with van der Waals surface area (Å²) in [6.07, 6.45) is 0. The summed E-state index contributed by atoms with van der Waals surface area (Å²) in [5.74, 6) is 3.38. The van der Waals surface area contributed by atoms with E-state index in [1.807, 2.05) is 0 Å². The number of halogens is 3. The molecule has 0 aliphatic heterocycles. The van der Waals surface area contributed by atoms with Crippen LogP contribution in [0, 0.1) is 0 Å². The third kappa shape index (κ3) is 2.82. The lowest BCUT2D eigenvalue weighted by molar-refractivity contribution is -0.135. The largest absolute Gasteiger partial charge is 0.361 e. The van der Waals surface area contributed by atoms with Crippen LogP contribution in [0.2, 0.25) is 0 Å². The topological polar surface area (TPSA) is 89.4 Å². The lowest BCUT2D eigenvalue weighted by Gasteiger charge is -2.18. The highest BCUT2D eigenvalue weighted by molar-refractivity contribution is 9.11. The van der Waals surface area contributed by atoms with Gasteiger partial charge in [0.1, 0.15) is 0 Å². The Morgan fingerprint density at radius 2 is 1.56 bits per heavy atom. The number of carbonyl (C=O) groups excluding carboxylic acids is 2. The Bertz CT molecular complexity index is 441. The van der Waals surface area contributed by atoms with Crippen molar-refractivity contribution in [3.63, 3.8) is 0 Å². The van der Waals surface area contributed by atoms with Crippen LogP contribution in [0.25, 0.3) is 0 Å². The molecular formula is C8H6Br3N3O2. The Morgan fingerprint density at radius 1 is 1.12 bits per heavy atom. The van der Waals surface area contributed by atoms with Crippen molar-refractivity contribution in [2.24, 2.45) is 11.6 Å². The number of hydrazine groups is 1. The van der Waals surface area contributed by atoms with Gasteiger partial charge in [-0.3, -0.25) is 9.59 Å². The number of anilines is 1. The molecule has 0 atom stereocenters. The molecule has 1 aromatic carbocycles. The van der Waals surface area contributed by atoms with Crippen LogP contribution < -0.4 is 16.6 Å². The Kier molecular flexibility index (Phi) is 4.48. The first-order valence-corrected chi connectivity index (χ1v) is 6.25. The molecule has 0 aliphatic rings. The highest BCUT2D eigenvalue weighted by Gasteiger charge is 2.22. The van der Waals surface area contributed by atoms with Gasteiger partial charge in [-0.05, 0) is 44.0 Å². The van der Waals surface area contributed by atoms with E-state index in [1.54, 1.807) is 12.1 Å². The van der Waals surface area contributed by atoms with E-state index in [1.165, 1.54) is 0 Å². The van der Waals surface area contributed by atoms with E-state index in [0.717, 1.165) is 4.47 Å². The molecule has 0 aliphatic carbocycles. The van der Waals surface area contributed by atoms with E-state index in [9.17, 15) is 9.59 Å². The van der Waals surface area contributed by atoms with Crippen molar-refractivity contribution in [3.8, 4) is 0 Å². The first kappa shape index (κ1) is 13.6. The Balaban J connectivity index is 3.23. The van der Waals surface area contributed by atoms with E-state index in [4.69, 9.17) is 11.6 Å². The van der Waals surface area contributed by atoms with E-state index < -0.39 is 11.8 Å². The van der Waals surface area contributed by atoms with Crippen LogP contribution in [0.15, 0.2) is 25.6 Å². The fourth-order valence-electron chi connectivity index (χ4n) is 0.985. The maximum atomic E-state index is 11.3. The summed E-state index contributed by atoms with van der Waals surface area (Å²) in [7, 11) is 0. The number of benzene rings is 1. The molecule has 2 amide bonds. The predicted octanol–water partition coefficient (Wildman–Crippen LogP) is 1.67. The highest BCUT2D eigenvalue weighted by atomic mass is 79.9. The quantitative estimate of drug-likeness (QED) is 0.316.